The lowest BCUT2D eigenvalue weighted by Gasteiger charge is -2.11. The zero-order valence-electron chi connectivity index (χ0n) is 10.7. The molecule has 20 heavy (non-hydrogen) atoms. The Morgan fingerprint density at radius 2 is 2.05 bits per heavy atom. The molecule has 2 N–H and O–H groups in total. The first kappa shape index (κ1) is 12.2. The second-order valence-electron chi connectivity index (χ2n) is 4.35. The molecule has 0 saturated carbocycles. The van der Waals surface area contributed by atoms with Gasteiger partial charge >= 0.3 is 0 Å². The molecule has 0 fully saturated rings. The van der Waals surface area contributed by atoms with E-state index >= 15 is 0 Å². The number of carbonyl (C=O) groups is 1. The number of anilines is 1. The van der Waals surface area contributed by atoms with Crippen LogP contribution in [0.2, 0.25) is 0 Å². The number of nitrogens with zero attached hydrogens (tertiary/aromatic N) is 2. The van der Waals surface area contributed by atoms with Crippen LogP contribution in [0.5, 0.6) is 5.75 Å². The fourth-order valence-electron chi connectivity index (χ4n) is 2.10. The quantitative estimate of drug-likeness (QED) is 0.737. The van der Waals surface area contributed by atoms with Crippen molar-refractivity contribution in [3.8, 4) is 5.75 Å². The van der Waals surface area contributed by atoms with Gasteiger partial charge in [-0.2, -0.15) is 5.10 Å². The molecule has 0 aliphatic rings. The van der Waals surface area contributed by atoms with E-state index in [1.807, 2.05) is 30.3 Å². The molecular formula is C15H13N3O2. The van der Waals surface area contributed by atoms with Crippen molar-refractivity contribution in [3.05, 3.63) is 54.2 Å². The number of aromatic nitrogens is 2. The smallest absolute Gasteiger partial charge is 0.183 e. The van der Waals surface area contributed by atoms with Crippen molar-refractivity contribution in [1.29, 1.82) is 0 Å². The summed E-state index contributed by atoms with van der Waals surface area (Å²) >= 11 is 0. The van der Waals surface area contributed by atoms with Gasteiger partial charge in [0.25, 0.3) is 0 Å². The SMILES string of the molecule is Nc1ccnn1COc1ccc2ccccc2c1C=O. The van der Waals surface area contributed by atoms with Crippen LogP contribution in [0.15, 0.2) is 48.7 Å². The van der Waals surface area contributed by atoms with Crippen LogP contribution in [0.1, 0.15) is 10.4 Å². The van der Waals surface area contributed by atoms with Gasteiger partial charge in [-0.05, 0) is 16.8 Å². The molecule has 0 saturated heterocycles. The molecule has 1 aromatic heterocycles. The van der Waals surface area contributed by atoms with Crippen LogP contribution in [0.3, 0.4) is 0 Å². The number of nitrogen functional groups attached to an aromatic ring is 1. The van der Waals surface area contributed by atoms with Gasteiger partial charge in [-0.15, -0.1) is 0 Å². The van der Waals surface area contributed by atoms with Crippen molar-refractivity contribution in [1.82, 2.24) is 9.78 Å². The summed E-state index contributed by atoms with van der Waals surface area (Å²) in [6.07, 6.45) is 2.41. The van der Waals surface area contributed by atoms with Gasteiger partial charge in [0.1, 0.15) is 11.6 Å². The van der Waals surface area contributed by atoms with Gasteiger partial charge in [-0.1, -0.05) is 30.3 Å². The Kier molecular flexibility index (Phi) is 3.09. The molecule has 0 unspecified atom stereocenters. The fourth-order valence-corrected chi connectivity index (χ4v) is 2.10. The summed E-state index contributed by atoms with van der Waals surface area (Å²) in [4.78, 5) is 11.3. The largest absolute Gasteiger partial charge is 0.470 e. The summed E-state index contributed by atoms with van der Waals surface area (Å²) in [5.74, 6) is 1.03. The minimum absolute atomic E-state index is 0.165. The van der Waals surface area contributed by atoms with Crippen molar-refractivity contribution >= 4 is 22.9 Å². The molecule has 0 amide bonds. The highest BCUT2D eigenvalue weighted by atomic mass is 16.5. The number of benzene rings is 2. The van der Waals surface area contributed by atoms with E-state index < -0.39 is 0 Å². The Morgan fingerprint density at radius 1 is 1.20 bits per heavy atom. The molecule has 0 spiro atoms. The van der Waals surface area contributed by atoms with Gasteiger partial charge in [-0.3, -0.25) is 4.79 Å². The molecule has 100 valence electrons. The molecule has 2 aromatic carbocycles. The number of rotatable bonds is 4. The van der Waals surface area contributed by atoms with E-state index in [4.69, 9.17) is 10.5 Å². The summed E-state index contributed by atoms with van der Waals surface area (Å²) in [5.41, 5.74) is 6.25. The van der Waals surface area contributed by atoms with Crippen molar-refractivity contribution < 1.29 is 9.53 Å². The molecule has 0 bridgehead atoms. The number of fused-ring (bicyclic) bond motifs is 1. The van der Waals surface area contributed by atoms with E-state index in [-0.39, 0.29) is 6.73 Å². The molecule has 1 heterocycles. The van der Waals surface area contributed by atoms with Crippen LogP contribution >= 0.6 is 0 Å². The van der Waals surface area contributed by atoms with E-state index in [9.17, 15) is 4.79 Å². The number of carbonyl (C=O) groups excluding carboxylic acids is 1. The second-order valence-corrected chi connectivity index (χ2v) is 4.35. The van der Waals surface area contributed by atoms with Crippen LogP contribution < -0.4 is 10.5 Å². The normalized spacial score (nSPS) is 10.6. The second kappa shape index (κ2) is 5.05. The van der Waals surface area contributed by atoms with Gasteiger partial charge in [0.15, 0.2) is 13.0 Å². The summed E-state index contributed by atoms with van der Waals surface area (Å²) in [7, 11) is 0. The number of hydrogen-bond donors (Lipinski definition) is 1. The van der Waals surface area contributed by atoms with Crippen LogP contribution in [0, 0.1) is 0 Å². The molecule has 3 rings (SSSR count). The van der Waals surface area contributed by atoms with Crippen LogP contribution in [-0.2, 0) is 6.73 Å². The summed E-state index contributed by atoms with van der Waals surface area (Å²) in [5, 5.41) is 5.90. The number of aldehydes is 1. The number of nitrogens with two attached hydrogens (primary N) is 1. The van der Waals surface area contributed by atoms with E-state index in [2.05, 4.69) is 5.10 Å². The maximum absolute atomic E-state index is 11.3. The Balaban J connectivity index is 1.95. The zero-order chi connectivity index (χ0) is 13.9. The third-order valence-electron chi connectivity index (χ3n) is 3.14. The molecule has 0 radical (unpaired) electrons. The lowest BCUT2D eigenvalue weighted by molar-refractivity contribution is 0.111. The van der Waals surface area contributed by atoms with E-state index in [1.165, 1.54) is 4.68 Å². The molecular weight excluding hydrogens is 254 g/mol. The lowest BCUT2D eigenvalue weighted by atomic mass is 10.0. The molecule has 5 heteroatoms. The highest BCUT2D eigenvalue weighted by molar-refractivity contribution is 6.00. The van der Waals surface area contributed by atoms with Gasteiger partial charge in [0.05, 0.1) is 11.8 Å². The van der Waals surface area contributed by atoms with Crippen LogP contribution in [0.4, 0.5) is 5.82 Å². The standard InChI is InChI=1S/C15H13N3O2/c16-15-7-8-17-18(15)10-20-14-6-5-11-3-1-2-4-12(11)13(14)9-19/h1-9H,10,16H2. The van der Waals surface area contributed by atoms with E-state index in [1.54, 1.807) is 18.3 Å². The molecule has 3 aromatic rings. The van der Waals surface area contributed by atoms with Crippen LogP contribution in [0.25, 0.3) is 10.8 Å². The minimum atomic E-state index is 0.165. The minimum Gasteiger partial charge on any atom is -0.470 e. The maximum atomic E-state index is 11.3. The van der Waals surface area contributed by atoms with E-state index in [0.29, 0.717) is 17.1 Å². The maximum Gasteiger partial charge on any atom is 0.183 e. The fraction of sp³-hybridized carbons (Fsp3) is 0.0667. The lowest BCUT2D eigenvalue weighted by Crippen LogP contribution is -2.10. The Morgan fingerprint density at radius 3 is 2.80 bits per heavy atom. The first-order valence-electron chi connectivity index (χ1n) is 6.16. The average molecular weight is 267 g/mol. The predicted octanol–water partition coefficient (Wildman–Crippen LogP) is 2.47. The number of ether oxygens (including phenoxy) is 1. The third-order valence-corrected chi connectivity index (χ3v) is 3.14. The predicted molar refractivity (Wildman–Crippen MR) is 76.6 cm³/mol. The van der Waals surface area contributed by atoms with Crippen molar-refractivity contribution in [3.63, 3.8) is 0 Å². The average Bonchev–Trinajstić information content (AvgIpc) is 2.89. The highest BCUT2D eigenvalue weighted by Gasteiger charge is 2.08. The highest BCUT2D eigenvalue weighted by Crippen LogP contribution is 2.26. The van der Waals surface area contributed by atoms with Gasteiger partial charge in [-0.25, -0.2) is 4.68 Å². The van der Waals surface area contributed by atoms with Gasteiger partial charge in [0, 0.05) is 6.07 Å². The summed E-state index contributed by atoms with van der Waals surface area (Å²) in [6.45, 7) is 0.165. The zero-order valence-corrected chi connectivity index (χ0v) is 10.7. The van der Waals surface area contributed by atoms with Crippen LogP contribution in [-0.4, -0.2) is 16.1 Å². The Hall–Kier alpha value is -2.82. The first-order valence-corrected chi connectivity index (χ1v) is 6.16. The summed E-state index contributed by atoms with van der Waals surface area (Å²) in [6, 6.07) is 13.1. The van der Waals surface area contributed by atoms with Gasteiger partial charge in [0.2, 0.25) is 0 Å². The first-order chi connectivity index (χ1) is 9.79. The molecule has 0 aliphatic heterocycles. The number of hydrogen-bond acceptors (Lipinski definition) is 4. The van der Waals surface area contributed by atoms with E-state index in [0.717, 1.165) is 17.1 Å². The third kappa shape index (κ3) is 2.09. The van der Waals surface area contributed by atoms with Crippen molar-refractivity contribution in [2.75, 3.05) is 5.73 Å². The Labute approximate surface area is 115 Å². The molecule has 5 nitrogen and oxygen atoms in total. The van der Waals surface area contributed by atoms with Crippen molar-refractivity contribution in [2.45, 2.75) is 6.73 Å². The monoisotopic (exact) mass is 267 g/mol. The van der Waals surface area contributed by atoms with Crippen molar-refractivity contribution in [2.24, 2.45) is 0 Å². The topological polar surface area (TPSA) is 70.1 Å². The summed E-state index contributed by atoms with van der Waals surface area (Å²) < 4.78 is 7.17. The molecule has 0 atom stereocenters. The van der Waals surface area contributed by atoms with Gasteiger partial charge < -0.3 is 10.5 Å². The molecule has 0 aliphatic carbocycles. The Bertz CT molecular complexity index is 765.